The van der Waals surface area contributed by atoms with Crippen LogP contribution in [0.3, 0.4) is 0 Å². The van der Waals surface area contributed by atoms with Crippen LogP contribution in [0, 0.1) is 0 Å². The lowest BCUT2D eigenvalue weighted by Gasteiger charge is -2.24. The van der Waals surface area contributed by atoms with Crippen LogP contribution in [0.1, 0.15) is 37.1 Å². The highest BCUT2D eigenvalue weighted by atomic mass is 16.5. The Labute approximate surface area is 126 Å². The second-order valence-electron chi connectivity index (χ2n) is 5.52. The van der Waals surface area contributed by atoms with Crippen LogP contribution in [0.2, 0.25) is 0 Å². The number of nitrogens with one attached hydrogen (secondary N) is 1. The van der Waals surface area contributed by atoms with Crippen molar-refractivity contribution in [2.24, 2.45) is 0 Å². The third kappa shape index (κ3) is 3.34. The van der Waals surface area contributed by atoms with Gasteiger partial charge in [-0.2, -0.15) is 0 Å². The molecule has 0 spiro atoms. The molecule has 1 N–H and O–H groups in total. The number of morpholine rings is 1. The molecule has 2 heterocycles. The minimum Gasteiger partial charge on any atom is -0.369 e. The van der Waals surface area contributed by atoms with Crippen molar-refractivity contribution >= 4 is 0 Å². The van der Waals surface area contributed by atoms with Gasteiger partial charge in [0.15, 0.2) is 0 Å². The second kappa shape index (κ2) is 6.87. The van der Waals surface area contributed by atoms with Gasteiger partial charge in [-0.05, 0) is 30.5 Å². The number of benzene rings is 1. The molecule has 21 heavy (non-hydrogen) atoms. The lowest BCUT2D eigenvalue weighted by Crippen LogP contribution is -2.34. The van der Waals surface area contributed by atoms with E-state index in [1.54, 1.807) is 0 Å². The van der Waals surface area contributed by atoms with E-state index in [4.69, 9.17) is 4.74 Å². The number of aryl methyl sites for hydroxylation is 1. The Bertz CT molecular complexity index is 556. The van der Waals surface area contributed by atoms with Crippen LogP contribution in [0.5, 0.6) is 0 Å². The average Bonchev–Trinajstić information content (AvgIpc) is 3.04. The molecule has 3 rings (SSSR count). The Hall–Kier alpha value is -1.65. The van der Waals surface area contributed by atoms with Gasteiger partial charge in [0.2, 0.25) is 0 Å². The molecule has 2 aromatic rings. The smallest absolute Gasteiger partial charge is 0.112 e. The molecule has 1 unspecified atom stereocenters. The van der Waals surface area contributed by atoms with Crippen molar-refractivity contribution in [1.82, 2.24) is 14.9 Å². The van der Waals surface area contributed by atoms with Crippen molar-refractivity contribution in [3.8, 4) is 5.69 Å². The van der Waals surface area contributed by atoms with Crippen molar-refractivity contribution in [3.63, 3.8) is 0 Å². The first kappa shape index (κ1) is 14.3. The van der Waals surface area contributed by atoms with Crippen molar-refractivity contribution in [3.05, 3.63) is 48.0 Å². The van der Waals surface area contributed by atoms with Crippen LogP contribution in [0.25, 0.3) is 5.69 Å². The molecule has 1 aliphatic heterocycles. The lowest BCUT2D eigenvalue weighted by molar-refractivity contribution is 0.0240. The van der Waals surface area contributed by atoms with Gasteiger partial charge in [0.05, 0.1) is 24.8 Å². The number of hydrogen-bond acceptors (Lipinski definition) is 3. The average molecular weight is 285 g/mol. The van der Waals surface area contributed by atoms with Gasteiger partial charge in [-0.1, -0.05) is 25.5 Å². The summed E-state index contributed by atoms with van der Waals surface area (Å²) in [6.07, 6.45) is 7.50. The summed E-state index contributed by atoms with van der Waals surface area (Å²) in [4.78, 5) is 4.30. The summed E-state index contributed by atoms with van der Waals surface area (Å²) >= 11 is 0. The molecule has 0 bridgehead atoms. The Balaban J connectivity index is 1.78. The normalized spacial score (nSPS) is 18.8. The quantitative estimate of drug-likeness (QED) is 0.918. The molecule has 4 heteroatoms. The molecule has 0 aliphatic carbocycles. The van der Waals surface area contributed by atoms with E-state index in [-0.39, 0.29) is 6.10 Å². The van der Waals surface area contributed by atoms with E-state index in [9.17, 15) is 0 Å². The summed E-state index contributed by atoms with van der Waals surface area (Å²) in [6.45, 7) is 4.76. The molecule has 0 radical (unpaired) electrons. The van der Waals surface area contributed by atoms with Gasteiger partial charge in [-0.3, -0.25) is 0 Å². The number of unbranched alkanes of at least 4 members (excludes halogenated alkanes) is 1. The Morgan fingerprint density at radius 2 is 2.19 bits per heavy atom. The summed E-state index contributed by atoms with van der Waals surface area (Å²) in [6, 6.07) is 8.78. The van der Waals surface area contributed by atoms with Crippen LogP contribution in [0.15, 0.2) is 36.8 Å². The molecule has 1 aromatic heterocycles. The Kier molecular flexibility index (Phi) is 4.68. The Morgan fingerprint density at radius 1 is 1.33 bits per heavy atom. The minimum absolute atomic E-state index is 0.0843. The molecule has 1 aromatic carbocycles. The third-order valence-corrected chi connectivity index (χ3v) is 3.96. The van der Waals surface area contributed by atoms with Gasteiger partial charge in [-0.15, -0.1) is 0 Å². The molecular formula is C17H23N3O. The van der Waals surface area contributed by atoms with Gasteiger partial charge in [-0.25, -0.2) is 4.98 Å². The highest BCUT2D eigenvalue weighted by Crippen LogP contribution is 2.22. The number of rotatable bonds is 5. The maximum atomic E-state index is 5.84. The second-order valence-corrected chi connectivity index (χ2v) is 5.52. The topological polar surface area (TPSA) is 39.1 Å². The summed E-state index contributed by atoms with van der Waals surface area (Å²) in [5, 5.41) is 3.37. The zero-order valence-electron chi connectivity index (χ0n) is 12.6. The zero-order valence-corrected chi connectivity index (χ0v) is 12.6. The van der Waals surface area contributed by atoms with Gasteiger partial charge in [0.1, 0.15) is 6.10 Å². The molecule has 0 amide bonds. The van der Waals surface area contributed by atoms with Crippen LogP contribution in [-0.2, 0) is 11.2 Å². The Morgan fingerprint density at radius 3 is 2.90 bits per heavy atom. The van der Waals surface area contributed by atoms with Crippen LogP contribution in [0.4, 0.5) is 0 Å². The standard InChI is InChI=1S/C17H23N3O/c1-2-3-4-14-5-7-15(8-6-14)20-13-19-11-16(20)17-12-18-9-10-21-17/h5-8,11,13,17-18H,2-4,9-10,12H2,1H3. The first-order chi connectivity index (χ1) is 10.4. The van der Waals surface area contributed by atoms with Gasteiger partial charge < -0.3 is 14.6 Å². The van der Waals surface area contributed by atoms with Gasteiger partial charge in [0.25, 0.3) is 0 Å². The fraction of sp³-hybridized carbons (Fsp3) is 0.471. The summed E-state index contributed by atoms with van der Waals surface area (Å²) in [5.41, 5.74) is 3.67. The fourth-order valence-electron chi connectivity index (χ4n) is 2.72. The number of aromatic nitrogens is 2. The maximum Gasteiger partial charge on any atom is 0.112 e. The lowest BCUT2D eigenvalue weighted by atomic mass is 10.1. The first-order valence-corrected chi connectivity index (χ1v) is 7.82. The van der Waals surface area contributed by atoms with E-state index in [1.165, 1.54) is 18.4 Å². The molecule has 4 nitrogen and oxygen atoms in total. The molecule has 1 fully saturated rings. The number of nitrogens with zero attached hydrogens (tertiary/aromatic N) is 2. The minimum atomic E-state index is 0.0843. The number of ether oxygens (including phenoxy) is 1. The molecular weight excluding hydrogens is 262 g/mol. The van der Waals surface area contributed by atoms with E-state index in [0.29, 0.717) is 0 Å². The molecule has 112 valence electrons. The van der Waals surface area contributed by atoms with E-state index >= 15 is 0 Å². The predicted octanol–water partition coefficient (Wildman–Crippen LogP) is 2.88. The molecule has 1 aliphatic rings. The van der Waals surface area contributed by atoms with Crippen molar-refractivity contribution in [2.45, 2.75) is 32.3 Å². The monoisotopic (exact) mass is 285 g/mol. The number of imidazole rings is 1. The van der Waals surface area contributed by atoms with E-state index < -0.39 is 0 Å². The third-order valence-electron chi connectivity index (χ3n) is 3.96. The summed E-state index contributed by atoms with van der Waals surface area (Å²) < 4.78 is 7.96. The van der Waals surface area contributed by atoms with Gasteiger partial charge in [0, 0.05) is 18.8 Å². The summed E-state index contributed by atoms with van der Waals surface area (Å²) in [7, 11) is 0. The van der Waals surface area contributed by atoms with E-state index in [2.05, 4.69) is 46.1 Å². The van der Waals surface area contributed by atoms with E-state index in [0.717, 1.165) is 37.5 Å². The molecule has 1 saturated heterocycles. The zero-order chi connectivity index (χ0) is 14.5. The van der Waals surface area contributed by atoms with Crippen molar-refractivity contribution < 1.29 is 4.74 Å². The fourth-order valence-corrected chi connectivity index (χ4v) is 2.72. The van der Waals surface area contributed by atoms with Crippen molar-refractivity contribution in [2.75, 3.05) is 19.7 Å². The van der Waals surface area contributed by atoms with E-state index in [1.807, 2.05) is 12.5 Å². The predicted molar refractivity (Wildman–Crippen MR) is 83.7 cm³/mol. The number of hydrogen-bond donors (Lipinski definition) is 1. The highest BCUT2D eigenvalue weighted by molar-refractivity contribution is 5.37. The maximum absolute atomic E-state index is 5.84. The summed E-state index contributed by atoms with van der Waals surface area (Å²) in [5.74, 6) is 0. The first-order valence-electron chi connectivity index (χ1n) is 7.82. The van der Waals surface area contributed by atoms with Crippen LogP contribution < -0.4 is 5.32 Å². The largest absolute Gasteiger partial charge is 0.369 e. The van der Waals surface area contributed by atoms with Crippen LogP contribution >= 0.6 is 0 Å². The SMILES string of the molecule is CCCCc1ccc(-n2cncc2C2CNCCO2)cc1. The van der Waals surface area contributed by atoms with Crippen molar-refractivity contribution in [1.29, 1.82) is 0 Å². The highest BCUT2D eigenvalue weighted by Gasteiger charge is 2.19. The van der Waals surface area contributed by atoms with Crippen LogP contribution in [-0.4, -0.2) is 29.2 Å². The van der Waals surface area contributed by atoms with Gasteiger partial charge >= 0.3 is 0 Å². The molecule has 0 saturated carbocycles. The molecule has 1 atom stereocenters.